The molecule has 0 aliphatic heterocycles. The molecule has 0 radical (unpaired) electrons. The van der Waals surface area contributed by atoms with E-state index in [9.17, 15) is 0 Å². The van der Waals surface area contributed by atoms with E-state index in [4.69, 9.17) is 10.2 Å². The Morgan fingerprint density at radius 1 is 1.45 bits per heavy atom. The highest BCUT2D eigenvalue weighted by Crippen LogP contribution is 2.00. The second-order valence-corrected chi connectivity index (χ2v) is 3.76. The highest BCUT2D eigenvalue weighted by atomic mass is 28.2. The van der Waals surface area contributed by atoms with Gasteiger partial charge in [-0.1, -0.05) is 13.8 Å². The molecule has 4 heteroatoms. The fraction of sp³-hybridized carbons (Fsp3) is 1.00. The van der Waals surface area contributed by atoms with E-state index in [0.717, 1.165) is 19.0 Å². The van der Waals surface area contributed by atoms with Gasteiger partial charge in [-0.05, 0) is 12.8 Å². The summed E-state index contributed by atoms with van der Waals surface area (Å²) in [6.45, 7) is 4.90. The minimum atomic E-state index is -0.360. The van der Waals surface area contributed by atoms with Crippen molar-refractivity contribution in [3.05, 3.63) is 0 Å². The lowest BCUT2D eigenvalue weighted by molar-refractivity contribution is 0.202. The molecule has 0 aliphatic rings. The van der Waals surface area contributed by atoms with E-state index in [-0.39, 0.29) is 9.76 Å². The zero-order valence-corrected chi connectivity index (χ0v) is 9.01. The fourth-order valence-electron chi connectivity index (χ4n) is 0.924. The van der Waals surface area contributed by atoms with Crippen molar-refractivity contribution in [1.82, 2.24) is 5.32 Å². The van der Waals surface area contributed by atoms with E-state index in [1.54, 1.807) is 0 Å². The van der Waals surface area contributed by atoms with Crippen LogP contribution < -0.4 is 11.1 Å². The molecule has 0 rings (SSSR count). The lowest BCUT2D eigenvalue weighted by Gasteiger charge is -2.13. The van der Waals surface area contributed by atoms with Crippen molar-refractivity contribution < 1.29 is 4.43 Å². The molecule has 0 aromatic heterocycles. The van der Waals surface area contributed by atoms with Crippen LogP contribution in [0.5, 0.6) is 0 Å². The molecule has 68 valence electrons. The Kier molecular flexibility index (Phi) is 8.27. The second-order valence-electron chi connectivity index (χ2n) is 2.51. The van der Waals surface area contributed by atoms with E-state index in [1.165, 1.54) is 0 Å². The summed E-state index contributed by atoms with van der Waals surface area (Å²) in [5, 5.41) is 3.07. The third-order valence-corrected chi connectivity index (χ3v) is 2.95. The Labute approximate surface area is 71.6 Å². The lowest BCUT2D eigenvalue weighted by atomic mass is 10.2. The van der Waals surface area contributed by atoms with Gasteiger partial charge in [0.2, 0.25) is 0 Å². The van der Waals surface area contributed by atoms with Gasteiger partial charge >= 0.3 is 0 Å². The predicted molar refractivity (Wildman–Crippen MR) is 51.1 cm³/mol. The average molecular weight is 176 g/mol. The van der Waals surface area contributed by atoms with Gasteiger partial charge in [-0.25, -0.2) is 0 Å². The summed E-state index contributed by atoms with van der Waals surface area (Å²) < 4.78 is 5.66. The minimum absolute atomic E-state index is 0.360. The summed E-state index contributed by atoms with van der Waals surface area (Å²) >= 11 is 0. The molecule has 0 fully saturated rings. The molecule has 0 aromatic rings. The van der Waals surface area contributed by atoms with Crippen molar-refractivity contribution in [1.29, 1.82) is 0 Å². The Morgan fingerprint density at radius 3 is 2.55 bits per heavy atom. The molecule has 0 unspecified atom stereocenters. The summed E-state index contributed by atoms with van der Waals surface area (Å²) in [7, 11) is -0.360. The number of hydrogen-bond donors (Lipinski definition) is 2. The Balaban J connectivity index is 3.07. The molecule has 0 aliphatic carbocycles. The zero-order chi connectivity index (χ0) is 8.53. The van der Waals surface area contributed by atoms with Gasteiger partial charge in [0.25, 0.3) is 0 Å². The van der Waals surface area contributed by atoms with Gasteiger partial charge in [-0.2, -0.15) is 0 Å². The lowest BCUT2D eigenvalue weighted by Crippen LogP contribution is -2.29. The van der Waals surface area contributed by atoms with Crippen molar-refractivity contribution in [2.75, 3.05) is 12.8 Å². The molecule has 0 atom stereocenters. The summed E-state index contributed by atoms with van der Waals surface area (Å²) in [5.74, 6) is 0. The van der Waals surface area contributed by atoms with Crippen LogP contribution in [0.2, 0.25) is 0 Å². The largest absolute Gasteiger partial charge is 0.420 e. The van der Waals surface area contributed by atoms with Gasteiger partial charge in [0.15, 0.2) is 9.76 Å². The van der Waals surface area contributed by atoms with E-state index >= 15 is 0 Å². The van der Waals surface area contributed by atoms with Crippen LogP contribution in [0, 0.1) is 0 Å². The van der Waals surface area contributed by atoms with E-state index in [2.05, 4.69) is 19.2 Å². The Bertz CT molecular complexity index is 78.8. The van der Waals surface area contributed by atoms with Crippen molar-refractivity contribution in [2.45, 2.75) is 32.8 Å². The van der Waals surface area contributed by atoms with E-state index in [0.29, 0.717) is 12.8 Å². The first kappa shape index (κ1) is 11.1. The molecule has 0 heterocycles. The molecule has 0 aromatic carbocycles. The monoisotopic (exact) mass is 176 g/mol. The molecule has 0 amide bonds. The van der Waals surface area contributed by atoms with Gasteiger partial charge in [-0.15, -0.1) is 0 Å². The highest BCUT2D eigenvalue weighted by Gasteiger charge is 2.00. The van der Waals surface area contributed by atoms with Crippen LogP contribution in [0.3, 0.4) is 0 Å². The van der Waals surface area contributed by atoms with Crippen LogP contribution in [0.4, 0.5) is 0 Å². The summed E-state index contributed by atoms with van der Waals surface area (Å²) in [4.78, 5) is 0. The molecular formula is C7H20N2OSi. The molecular weight excluding hydrogens is 156 g/mol. The van der Waals surface area contributed by atoms with Gasteiger partial charge in [0, 0.05) is 18.9 Å². The molecule has 3 N–H and O–H groups in total. The molecule has 0 spiro atoms. The first-order valence-corrected chi connectivity index (χ1v) is 5.95. The third-order valence-electron chi connectivity index (χ3n) is 1.69. The number of hydrogen-bond acceptors (Lipinski definition) is 3. The number of nitrogens with two attached hydrogens (primary N) is 1. The maximum atomic E-state index is 5.66. The van der Waals surface area contributed by atoms with E-state index < -0.39 is 0 Å². The van der Waals surface area contributed by atoms with Gasteiger partial charge in [-0.3, -0.25) is 0 Å². The zero-order valence-electron chi connectivity index (χ0n) is 7.60. The van der Waals surface area contributed by atoms with Gasteiger partial charge < -0.3 is 15.5 Å². The quantitative estimate of drug-likeness (QED) is 0.319. The normalized spacial score (nSPS) is 12.0. The van der Waals surface area contributed by atoms with Crippen molar-refractivity contribution in [2.24, 2.45) is 5.73 Å². The fourth-order valence-corrected chi connectivity index (χ4v) is 2.20. The predicted octanol–water partition coefficient (Wildman–Crippen LogP) is -0.261. The topological polar surface area (TPSA) is 47.3 Å². The Hall–Kier alpha value is 0.0969. The smallest absolute Gasteiger partial charge is 0.175 e. The van der Waals surface area contributed by atoms with Gasteiger partial charge in [0.1, 0.15) is 0 Å². The van der Waals surface area contributed by atoms with Crippen LogP contribution in [0.25, 0.3) is 0 Å². The molecule has 11 heavy (non-hydrogen) atoms. The molecule has 0 bridgehead atoms. The number of rotatable bonds is 7. The maximum Gasteiger partial charge on any atom is 0.175 e. The maximum absolute atomic E-state index is 5.66. The molecule has 0 saturated carbocycles. The first-order chi connectivity index (χ1) is 5.35. The van der Waals surface area contributed by atoms with Crippen LogP contribution >= 0.6 is 0 Å². The van der Waals surface area contributed by atoms with Crippen LogP contribution in [0.1, 0.15) is 26.7 Å². The van der Waals surface area contributed by atoms with Crippen molar-refractivity contribution >= 4 is 9.76 Å². The van der Waals surface area contributed by atoms with E-state index in [1.807, 2.05) is 0 Å². The SMILES string of the molecule is CCC(CC)O[SiH2]CNCN. The van der Waals surface area contributed by atoms with Crippen LogP contribution in [-0.4, -0.2) is 28.7 Å². The van der Waals surface area contributed by atoms with Crippen molar-refractivity contribution in [3.8, 4) is 0 Å². The standard InChI is InChI=1S/C7H20N2OSi/c1-3-7(4-2)10-11-6-9-5-8/h7,9H,3-6,8,11H2,1-2H3. The molecule has 0 saturated heterocycles. The van der Waals surface area contributed by atoms with Crippen molar-refractivity contribution in [3.63, 3.8) is 0 Å². The number of nitrogens with one attached hydrogen (secondary N) is 1. The summed E-state index contributed by atoms with van der Waals surface area (Å²) in [6.07, 6.45) is 3.74. The summed E-state index contributed by atoms with van der Waals surface area (Å²) in [6, 6.07) is 0. The highest BCUT2D eigenvalue weighted by molar-refractivity contribution is 6.27. The van der Waals surface area contributed by atoms with Crippen LogP contribution in [0.15, 0.2) is 0 Å². The second kappa shape index (κ2) is 8.20. The Morgan fingerprint density at radius 2 is 2.09 bits per heavy atom. The van der Waals surface area contributed by atoms with Gasteiger partial charge in [0.05, 0.1) is 0 Å². The average Bonchev–Trinajstić information content (AvgIpc) is 2.05. The molecule has 3 nitrogen and oxygen atoms in total. The minimum Gasteiger partial charge on any atom is -0.420 e. The van der Waals surface area contributed by atoms with Crippen LogP contribution in [-0.2, 0) is 4.43 Å². The summed E-state index contributed by atoms with van der Waals surface area (Å²) in [5.41, 5.74) is 5.27. The first-order valence-electron chi connectivity index (χ1n) is 4.37. The third kappa shape index (κ3) is 6.49.